The molecule has 150 valence electrons. The summed E-state index contributed by atoms with van der Waals surface area (Å²) < 4.78 is 10.5. The number of benzene rings is 2. The molecule has 2 aromatic rings. The number of hydrogen-bond donors (Lipinski definition) is 4. The van der Waals surface area contributed by atoms with Crippen molar-refractivity contribution in [1.29, 1.82) is 10.7 Å². The van der Waals surface area contributed by atoms with Crippen molar-refractivity contribution >= 4 is 23.1 Å². The number of ether oxygens (including phenoxy) is 2. The van der Waals surface area contributed by atoms with E-state index in [1.165, 1.54) is 0 Å². The van der Waals surface area contributed by atoms with Gasteiger partial charge in [-0.1, -0.05) is 18.2 Å². The Kier molecular flexibility index (Phi) is 7.56. The Morgan fingerprint density at radius 1 is 1.21 bits per heavy atom. The van der Waals surface area contributed by atoms with Crippen molar-refractivity contribution in [2.24, 2.45) is 10.8 Å². The van der Waals surface area contributed by atoms with E-state index < -0.39 is 5.84 Å². The van der Waals surface area contributed by atoms with E-state index in [0.717, 1.165) is 5.56 Å². The highest BCUT2D eigenvalue weighted by Gasteiger charge is 2.11. The number of nitrogens with zero attached hydrogens (tertiary/aromatic N) is 2. The summed E-state index contributed by atoms with van der Waals surface area (Å²) in [5.41, 5.74) is 9.34. The summed E-state index contributed by atoms with van der Waals surface area (Å²) in [5.74, 6) is 0.507. The number of anilines is 1. The number of amidine groups is 1. The topological polar surface area (TPSA) is 146 Å². The van der Waals surface area contributed by atoms with Crippen molar-refractivity contribution in [1.82, 2.24) is 5.32 Å². The van der Waals surface area contributed by atoms with Crippen molar-refractivity contribution in [3.8, 4) is 17.6 Å². The first-order valence-corrected chi connectivity index (χ1v) is 8.66. The first kappa shape index (κ1) is 21.2. The molecule has 0 bridgehead atoms. The quantitative estimate of drug-likeness (QED) is 0.290. The van der Waals surface area contributed by atoms with Gasteiger partial charge in [0.15, 0.2) is 17.3 Å². The first-order valence-electron chi connectivity index (χ1n) is 8.66. The Morgan fingerprint density at radius 3 is 2.59 bits per heavy atom. The minimum Gasteiger partial charge on any atom is -0.493 e. The van der Waals surface area contributed by atoms with Crippen molar-refractivity contribution in [2.75, 3.05) is 26.2 Å². The zero-order valence-corrected chi connectivity index (χ0v) is 16.2. The third kappa shape index (κ3) is 5.71. The third-order valence-electron chi connectivity index (χ3n) is 3.97. The Labute approximate surface area is 168 Å². The highest BCUT2D eigenvalue weighted by atomic mass is 16.5. The lowest BCUT2D eigenvalue weighted by Gasteiger charge is -2.11. The van der Waals surface area contributed by atoms with E-state index in [2.05, 4.69) is 15.8 Å². The number of hydrazone groups is 1. The van der Waals surface area contributed by atoms with Gasteiger partial charge in [0.1, 0.15) is 6.07 Å². The Balaban J connectivity index is 2.03. The molecule has 0 aliphatic rings. The van der Waals surface area contributed by atoms with Crippen LogP contribution in [0, 0.1) is 16.7 Å². The molecule has 0 unspecified atom stereocenters. The minimum absolute atomic E-state index is 0.270. The van der Waals surface area contributed by atoms with Crippen molar-refractivity contribution in [3.05, 3.63) is 53.6 Å². The lowest BCUT2D eigenvalue weighted by Crippen LogP contribution is -2.26. The number of nitrogens with one attached hydrogen (secondary N) is 3. The SMILES string of the molecule is COc1ccc(CCNC(=O)c2ccccc2N/N=C(\C#N)C(=N)N)cc1OC. The molecule has 0 spiro atoms. The molecule has 5 N–H and O–H groups in total. The van der Waals surface area contributed by atoms with Crippen LogP contribution >= 0.6 is 0 Å². The number of amides is 1. The van der Waals surface area contributed by atoms with Crippen LogP contribution < -0.4 is 25.9 Å². The highest BCUT2D eigenvalue weighted by molar-refractivity contribution is 6.45. The Morgan fingerprint density at radius 2 is 1.93 bits per heavy atom. The summed E-state index contributed by atoms with van der Waals surface area (Å²) in [6.07, 6.45) is 0.600. The number of methoxy groups -OCH3 is 2. The van der Waals surface area contributed by atoms with Gasteiger partial charge in [-0.2, -0.15) is 10.4 Å². The van der Waals surface area contributed by atoms with Crippen LogP contribution in [0.25, 0.3) is 0 Å². The lowest BCUT2D eigenvalue weighted by atomic mass is 10.1. The van der Waals surface area contributed by atoms with E-state index in [1.54, 1.807) is 44.6 Å². The van der Waals surface area contributed by atoms with Crippen LogP contribution in [0.15, 0.2) is 47.6 Å². The summed E-state index contributed by atoms with van der Waals surface area (Å²) >= 11 is 0. The number of hydrogen-bond acceptors (Lipinski definition) is 7. The predicted molar refractivity (Wildman–Crippen MR) is 111 cm³/mol. The minimum atomic E-state index is -0.461. The van der Waals surface area contributed by atoms with E-state index in [-0.39, 0.29) is 11.6 Å². The Bertz CT molecular complexity index is 965. The van der Waals surface area contributed by atoms with Crippen LogP contribution in [0.4, 0.5) is 5.69 Å². The smallest absolute Gasteiger partial charge is 0.253 e. The summed E-state index contributed by atoms with van der Waals surface area (Å²) in [5, 5.41) is 22.8. The van der Waals surface area contributed by atoms with Gasteiger partial charge in [-0.3, -0.25) is 15.6 Å². The van der Waals surface area contributed by atoms with Crippen molar-refractivity contribution < 1.29 is 14.3 Å². The normalized spacial score (nSPS) is 10.6. The van der Waals surface area contributed by atoms with Gasteiger partial charge in [-0.15, -0.1) is 0 Å². The van der Waals surface area contributed by atoms with Gasteiger partial charge >= 0.3 is 0 Å². The fourth-order valence-corrected chi connectivity index (χ4v) is 2.49. The van der Waals surface area contributed by atoms with Crippen LogP contribution in [0.2, 0.25) is 0 Å². The molecule has 2 aromatic carbocycles. The van der Waals surface area contributed by atoms with Crippen LogP contribution in [-0.4, -0.2) is 38.2 Å². The highest BCUT2D eigenvalue weighted by Crippen LogP contribution is 2.27. The zero-order chi connectivity index (χ0) is 21.2. The van der Waals surface area contributed by atoms with E-state index in [9.17, 15) is 4.79 Å². The average Bonchev–Trinajstić information content (AvgIpc) is 2.74. The van der Waals surface area contributed by atoms with Gasteiger partial charge in [0.2, 0.25) is 5.71 Å². The van der Waals surface area contributed by atoms with Gasteiger partial charge in [-0.25, -0.2) is 0 Å². The maximum atomic E-state index is 12.6. The molecule has 0 saturated carbocycles. The van der Waals surface area contributed by atoms with E-state index >= 15 is 0 Å². The molecule has 0 fully saturated rings. The van der Waals surface area contributed by atoms with Crippen molar-refractivity contribution in [3.63, 3.8) is 0 Å². The molecule has 0 saturated heterocycles. The van der Waals surface area contributed by atoms with Gasteiger partial charge in [-0.05, 0) is 36.2 Å². The van der Waals surface area contributed by atoms with Gasteiger partial charge < -0.3 is 20.5 Å². The van der Waals surface area contributed by atoms with Crippen molar-refractivity contribution in [2.45, 2.75) is 6.42 Å². The second-order valence-electron chi connectivity index (χ2n) is 5.84. The lowest BCUT2D eigenvalue weighted by molar-refractivity contribution is 0.0955. The number of rotatable bonds is 9. The first-order chi connectivity index (χ1) is 14.0. The summed E-state index contributed by atoms with van der Waals surface area (Å²) in [4.78, 5) is 12.6. The molecule has 0 aromatic heterocycles. The van der Waals surface area contributed by atoms with Crippen LogP contribution in [0.3, 0.4) is 0 Å². The number of para-hydroxylation sites is 1. The molecule has 0 aliphatic heterocycles. The summed E-state index contributed by atoms with van der Waals surface area (Å²) in [7, 11) is 3.14. The molecule has 0 aliphatic carbocycles. The molecule has 9 heteroatoms. The van der Waals surface area contributed by atoms with Gasteiger partial charge in [0.05, 0.1) is 25.5 Å². The predicted octanol–water partition coefficient (Wildman–Crippen LogP) is 1.90. The second-order valence-corrected chi connectivity index (χ2v) is 5.84. The fraction of sp³-hybridized carbons (Fsp3) is 0.200. The van der Waals surface area contributed by atoms with Gasteiger partial charge in [0.25, 0.3) is 5.91 Å². The molecule has 2 rings (SSSR count). The fourth-order valence-electron chi connectivity index (χ4n) is 2.49. The maximum absolute atomic E-state index is 12.6. The van der Waals surface area contributed by atoms with Crippen LogP contribution in [0.1, 0.15) is 15.9 Å². The molecule has 0 heterocycles. The summed E-state index contributed by atoms with van der Waals surface area (Å²) in [6.45, 7) is 0.406. The second kappa shape index (κ2) is 10.3. The molecule has 9 nitrogen and oxygen atoms in total. The molecule has 0 radical (unpaired) electrons. The van der Waals surface area contributed by atoms with Crippen LogP contribution in [-0.2, 0) is 6.42 Å². The maximum Gasteiger partial charge on any atom is 0.253 e. The molecule has 0 atom stereocenters. The third-order valence-corrected chi connectivity index (χ3v) is 3.97. The largest absolute Gasteiger partial charge is 0.493 e. The molecular formula is C20H22N6O3. The molecule has 29 heavy (non-hydrogen) atoms. The zero-order valence-electron chi connectivity index (χ0n) is 16.2. The average molecular weight is 394 g/mol. The molecule has 1 amide bonds. The van der Waals surface area contributed by atoms with E-state index in [1.807, 2.05) is 18.2 Å². The van der Waals surface area contributed by atoms with E-state index in [0.29, 0.717) is 35.7 Å². The number of nitrogens with two attached hydrogens (primary N) is 1. The summed E-state index contributed by atoms with van der Waals surface area (Å²) in [6, 6.07) is 14.0. The molecular weight excluding hydrogens is 372 g/mol. The number of carbonyl (C=O) groups is 1. The monoisotopic (exact) mass is 394 g/mol. The number of carbonyl (C=O) groups excluding carboxylic acids is 1. The van der Waals surface area contributed by atoms with Gasteiger partial charge in [0, 0.05) is 6.54 Å². The Hall–Kier alpha value is -4.06. The standard InChI is InChI=1S/C20H22N6O3/c1-28-17-8-7-13(11-18(17)29-2)9-10-24-20(27)14-5-3-4-6-15(14)25-26-16(12-21)19(22)23/h3-8,11,25H,9-10H2,1-2H3,(H3,22,23)(H,24,27)/b26-16+. The van der Waals surface area contributed by atoms with Crippen LogP contribution in [0.5, 0.6) is 11.5 Å². The van der Waals surface area contributed by atoms with E-state index in [4.69, 9.17) is 25.9 Å². The number of nitriles is 1.